The zero-order valence-electron chi connectivity index (χ0n) is 20.9. The van der Waals surface area contributed by atoms with Gasteiger partial charge in [0.25, 0.3) is 5.92 Å². The first-order valence-electron chi connectivity index (χ1n) is 12.4. The van der Waals surface area contributed by atoms with Crippen LogP contribution in [0.1, 0.15) is 11.1 Å². The van der Waals surface area contributed by atoms with Crippen molar-refractivity contribution in [3.63, 3.8) is 0 Å². The third kappa shape index (κ3) is 4.59. The van der Waals surface area contributed by atoms with Gasteiger partial charge in [-0.1, -0.05) is 6.07 Å². The maximum absolute atomic E-state index is 13.5. The number of hydrogen-bond acceptors (Lipinski definition) is 8. The Kier molecular flexibility index (Phi) is 6.04. The predicted molar refractivity (Wildman–Crippen MR) is 139 cm³/mol. The number of hydrogen-bond donors (Lipinski definition) is 0. The van der Waals surface area contributed by atoms with Gasteiger partial charge in [-0.25, -0.2) is 23.3 Å². The molecule has 194 valence electrons. The molecule has 4 aromatic heterocycles. The molecule has 9 nitrogen and oxygen atoms in total. The topological polar surface area (TPSA) is 85.8 Å². The summed E-state index contributed by atoms with van der Waals surface area (Å²) >= 11 is 0. The lowest BCUT2D eigenvalue weighted by molar-refractivity contribution is -0.0263. The van der Waals surface area contributed by atoms with Crippen LogP contribution >= 0.6 is 0 Å². The van der Waals surface area contributed by atoms with E-state index in [9.17, 15) is 14.0 Å². The van der Waals surface area contributed by atoms with Gasteiger partial charge in [-0.15, -0.1) is 0 Å². The molecule has 11 heteroatoms. The summed E-state index contributed by atoms with van der Waals surface area (Å²) < 4.78 is 33.8. The number of nitriles is 1. The van der Waals surface area contributed by atoms with E-state index < -0.39 is 5.92 Å². The summed E-state index contributed by atoms with van der Waals surface area (Å²) in [5.41, 5.74) is 4.39. The molecule has 2 aliphatic rings. The average Bonchev–Trinajstić information content (AvgIpc) is 3.35. The molecule has 2 fully saturated rings. The van der Waals surface area contributed by atoms with E-state index >= 15 is 0 Å². The van der Waals surface area contributed by atoms with Crippen molar-refractivity contribution in [2.45, 2.75) is 12.5 Å². The number of piperazine rings is 1. The first-order chi connectivity index (χ1) is 18.4. The lowest BCUT2D eigenvalue weighted by Gasteiger charge is -2.40. The Bertz CT molecular complexity index is 1480. The fourth-order valence-corrected chi connectivity index (χ4v) is 5.03. The second kappa shape index (κ2) is 9.54. The van der Waals surface area contributed by atoms with Crippen molar-refractivity contribution in [2.24, 2.45) is 0 Å². The van der Waals surface area contributed by atoms with E-state index in [0.29, 0.717) is 22.6 Å². The highest BCUT2D eigenvalue weighted by atomic mass is 19.3. The van der Waals surface area contributed by atoms with E-state index in [4.69, 9.17) is 9.72 Å². The number of ether oxygens (including phenoxy) is 1. The first kappa shape index (κ1) is 24.1. The number of halogens is 2. The summed E-state index contributed by atoms with van der Waals surface area (Å²) in [5, 5.41) is 13.9. The van der Waals surface area contributed by atoms with Crippen molar-refractivity contribution >= 4 is 17.0 Å². The SMILES string of the molecule is COc1ccc(CN2CCN(c3ccc(-c4cc(N5CC(F)(F)C5)cn5ncc(C#N)c45)cn3)CC2)cn1. The third-order valence-corrected chi connectivity index (χ3v) is 7.10. The van der Waals surface area contributed by atoms with Crippen molar-refractivity contribution in [1.29, 1.82) is 5.26 Å². The molecule has 0 aromatic carbocycles. The molecule has 0 radical (unpaired) electrons. The molecule has 0 saturated carbocycles. The first-order valence-corrected chi connectivity index (χ1v) is 12.4. The van der Waals surface area contributed by atoms with Gasteiger partial charge in [-0.2, -0.15) is 10.4 Å². The molecule has 38 heavy (non-hydrogen) atoms. The number of pyridine rings is 3. The smallest absolute Gasteiger partial charge is 0.282 e. The van der Waals surface area contributed by atoms with Crippen LogP contribution < -0.4 is 14.5 Å². The van der Waals surface area contributed by atoms with Crippen LogP contribution in [0.3, 0.4) is 0 Å². The molecule has 0 amide bonds. The van der Waals surface area contributed by atoms with Gasteiger partial charge < -0.3 is 14.5 Å². The highest BCUT2D eigenvalue weighted by Crippen LogP contribution is 2.36. The average molecular weight is 517 g/mol. The van der Waals surface area contributed by atoms with Crippen molar-refractivity contribution in [3.05, 3.63) is 66.2 Å². The molecule has 6 rings (SSSR count). The zero-order valence-corrected chi connectivity index (χ0v) is 20.9. The van der Waals surface area contributed by atoms with Crippen LogP contribution in [0.2, 0.25) is 0 Å². The van der Waals surface area contributed by atoms with Gasteiger partial charge in [0.15, 0.2) is 0 Å². The summed E-state index contributed by atoms with van der Waals surface area (Å²) in [7, 11) is 1.61. The summed E-state index contributed by atoms with van der Waals surface area (Å²) in [6.45, 7) is 3.67. The molecule has 0 atom stereocenters. The van der Waals surface area contributed by atoms with Gasteiger partial charge in [-0.3, -0.25) is 4.90 Å². The quantitative estimate of drug-likeness (QED) is 0.385. The maximum Gasteiger partial charge on any atom is 0.282 e. The molecule has 2 saturated heterocycles. The minimum atomic E-state index is -2.68. The molecule has 0 aliphatic carbocycles. The van der Waals surface area contributed by atoms with Crippen molar-refractivity contribution in [1.82, 2.24) is 24.5 Å². The van der Waals surface area contributed by atoms with E-state index in [0.717, 1.165) is 55.2 Å². The van der Waals surface area contributed by atoms with Gasteiger partial charge in [0, 0.05) is 62.3 Å². The van der Waals surface area contributed by atoms with Crippen LogP contribution in [-0.4, -0.2) is 76.8 Å². The lowest BCUT2D eigenvalue weighted by Crippen LogP contribution is -2.56. The molecule has 0 bridgehead atoms. The van der Waals surface area contributed by atoms with Crippen LogP contribution in [0.25, 0.3) is 16.6 Å². The van der Waals surface area contributed by atoms with Gasteiger partial charge in [0.05, 0.1) is 49.4 Å². The lowest BCUT2D eigenvalue weighted by atomic mass is 10.0. The van der Waals surface area contributed by atoms with Gasteiger partial charge in [0.1, 0.15) is 11.9 Å². The van der Waals surface area contributed by atoms with Crippen molar-refractivity contribution < 1.29 is 13.5 Å². The third-order valence-electron chi connectivity index (χ3n) is 7.10. The molecule has 2 aliphatic heterocycles. The molecule has 6 heterocycles. The molecule has 0 unspecified atom stereocenters. The van der Waals surface area contributed by atoms with Gasteiger partial charge >= 0.3 is 0 Å². The Balaban J connectivity index is 1.18. The van der Waals surface area contributed by atoms with Crippen LogP contribution in [-0.2, 0) is 6.54 Å². The van der Waals surface area contributed by atoms with Crippen LogP contribution in [0.4, 0.5) is 20.3 Å². The van der Waals surface area contributed by atoms with E-state index in [2.05, 4.69) is 26.0 Å². The summed E-state index contributed by atoms with van der Waals surface area (Å²) in [5.74, 6) is -1.20. The monoisotopic (exact) mass is 516 g/mol. The minimum Gasteiger partial charge on any atom is -0.481 e. The molecule has 4 aromatic rings. The minimum absolute atomic E-state index is 0.331. The Morgan fingerprint density at radius 1 is 1.00 bits per heavy atom. The van der Waals surface area contributed by atoms with Crippen molar-refractivity contribution in [3.8, 4) is 23.1 Å². The van der Waals surface area contributed by atoms with E-state index in [1.165, 1.54) is 6.20 Å². The van der Waals surface area contributed by atoms with Crippen molar-refractivity contribution in [2.75, 3.05) is 56.2 Å². The number of aromatic nitrogens is 4. The van der Waals surface area contributed by atoms with E-state index in [1.54, 1.807) is 28.9 Å². The Hall–Kier alpha value is -4.30. The Labute approximate surface area is 218 Å². The van der Waals surface area contributed by atoms with Crippen LogP contribution in [0.5, 0.6) is 5.88 Å². The molecule has 0 N–H and O–H groups in total. The maximum atomic E-state index is 13.5. The normalized spacial score (nSPS) is 17.3. The number of rotatable bonds is 6. The molecular formula is C27H26F2N8O. The standard InChI is InChI=1S/C27H26F2N8O/c1-38-25-5-2-19(12-32-25)15-34-6-8-35(9-7-34)24-4-3-20(13-31-24)23-10-22(36-17-27(28,29)18-36)16-37-26(23)21(11-30)14-33-37/h2-5,10,12-14,16H,6-9,15,17-18H2,1H3. The summed E-state index contributed by atoms with van der Waals surface area (Å²) in [4.78, 5) is 15.3. The number of nitrogens with zero attached hydrogens (tertiary/aromatic N) is 8. The van der Waals surface area contributed by atoms with Crippen LogP contribution in [0, 0.1) is 11.3 Å². The number of fused-ring (bicyclic) bond motifs is 1. The fraction of sp³-hybridized carbons (Fsp3) is 0.333. The zero-order chi connectivity index (χ0) is 26.3. The molecular weight excluding hydrogens is 490 g/mol. The largest absolute Gasteiger partial charge is 0.481 e. The molecule has 0 spiro atoms. The second-order valence-corrected chi connectivity index (χ2v) is 9.66. The summed E-state index contributed by atoms with van der Waals surface area (Å²) in [6, 6.07) is 11.9. The number of methoxy groups -OCH3 is 1. The Morgan fingerprint density at radius 2 is 1.82 bits per heavy atom. The van der Waals surface area contributed by atoms with E-state index in [1.807, 2.05) is 36.5 Å². The van der Waals surface area contributed by atoms with Gasteiger partial charge in [0.2, 0.25) is 5.88 Å². The highest BCUT2D eigenvalue weighted by molar-refractivity contribution is 5.86. The fourth-order valence-electron chi connectivity index (χ4n) is 5.03. The number of anilines is 2. The van der Waals surface area contributed by atoms with E-state index in [-0.39, 0.29) is 13.1 Å². The second-order valence-electron chi connectivity index (χ2n) is 9.66. The van der Waals surface area contributed by atoms with Crippen LogP contribution in [0.15, 0.2) is 55.1 Å². The van der Waals surface area contributed by atoms with Gasteiger partial charge in [-0.05, 0) is 23.8 Å². The Morgan fingerprint density at radius 3 is 2.45 bits per heavy atom. The predicted octanol–water partition coefficient (Wildman–Crippen LogP) is 3.45. The number of alkyl halides is 2. The summed E-state index contributed by atoms with van der Waals surface area (Å²) in [6.07, 6.45) is 6.82. The highest BCUT2D eigenvalue weighted by Gasteiger charge is 2.44.